The van der Waals surface area contributed by atoms with Crippen molar-refractivity contribution in [2.45, 2.75) is 50.2 Å². The topological polar surface area (TPSA) is 67.4 Å². The fourth-order valence-corrected chi connectivity index (χ4v) is 5.89. The SMILES string of the molecule is CC(C)OC(=O)N[C@@]12CC[C@@H](c3ccc(Cl)cc3Cl)[C@H](c3ccc(Cl)cc3)[C@@H]1CNC2=O. The van der Waals surface area contributed by atoms with Crippen molar-refractivity contribution >= 4 is 46.8 Å². The maximum Gasteiger partial charge on any atom is 0.408 e. The van der Waals surface area contributed by atoms with Gasteiger partial charge in [-0.25, -0.2) is 4.79 Å². The standard InChI is InChI=1S/C24H25Cl3N2O3/c1-13(2)32-23(31)29-24-10-9-18(17-8-7-16(26)11-20(17)27)21(19(24)12-28-22(24)30)14-3-5-15(25)6-4-14/h3-8,11,13,18-19,21H,9-10,12H2,1-2H3,(H,28,30)(H,29,31)/t18-,19-,21-,24-/m0/s1. The van der Waals surface area contributed by atoms with Crippen molar-refractivity contribution in [2.75, 3.05) is 6.54 Å². The summed E-state index contributed by atoms with van der Waals surface area (Å²) in [6.45, 7) is 3.99. The van der Waals surface area contributed by atoms with Crippen molar-refractivity contribution in [3.8, 4) is 0 Å². The molecule has 1 saturated heterocycles. The Morgan fingerprint density at radius 2 is 1.81 bits per heavy atom. The van der Waals surface area contributed by atoms with Crippen LogP contribution < -0.4 is 10.6 Å². The van der Waals surface area contributed by atoms with Gasteiger partial charge in [0.05, 0.1) is 6.10 Å². The van der Waals surface area contributed by atoms with Crippen molar-refractivity contribution in [3.63, 3.8) is 0 Å². The predicted molar refractivity (Wildman–Crippen MR) is 127 cm³/mol. The third-order valence-corrected chi connectivity index (χ3v) is 7.34. The van der Waals surface area contributed by atoms with Crippen LogP contribution in [0.3, 0.4) is 0 Å². The molecule has 0 spiro atoms. The van der Waals surface area contributed by atoms with Gasteiger partial charge in [-0.1, -0.05) is 53.0 Å². The minimum atomic E-state index is -1.05. The fourth-order valence-electron chi connectivity index (χ4n) is 5.22. The van der Waals surface area contributed by atoms with Gasteiger partial charge in [-0.2, -0.15) is 0 Å². The molecule has 2 aromatic carbocycles. The first-order valence-corrected chi connectivity index (χ1v) is 11.8. The molecule has 2 amide bonds. The minimum absolute atomic E-state index is 0.0367. The molecule has 4 atom stereocenters. The molecule has 0 unspecified atom stereocenters. The Bertz CT molecular complexity index is 1030. The molecule has 2 fully saturated rings. The van der Waals surface area contributed by atoms with Gasteiger partial charge < -0.3 is 15.4 Å². The Morgan fingerprint density at radius 1 is 1.12 bits per heavy atom. The van der Waals surface area contributed by atoms with Crippen molar-refractivity contribution in [1.82, 2.24) is 10.6 Å². The van der Waals surface area contributed by atoms with E-state index in [1.54, 1.807) is 19.9 Å². The zero-order valence-corrected chi connectivity index (χ0v) is 20.1. The monoisotopic (exact) mass is 494 g/mol. The number of nitrogens with one attached hydrogen (secondary N) is 2. The van der Waals surface area contributed by atoms with Crippen LogP contribution in [-0.4, -0.2) is 30.2 Å². The lowest BCUT2D eigenvalue weighted by Crippen LogP contribution is -2.61. The molecule has 2 aliphatic rings. The molecule has 1 aliphatic carbocycles. The summed E-state index contributed by atoms with van der Waals surface area (Å²) in [4.78, 5) is 25.7. The number of amides is 2. The molecule has 4 rings (SSSR count). The Labute approximate surface area is 202 Å². The number of ether oxygens (including phenoxy) is 1. The van der Waals surface area contributed by atoms with E-state index in [-0.39, 0.29) is 29.8 Å². The molecule has 32 heavy (non-hydrogen) atoms. The summed E-state index contributed by atoms with van der Waals surface area (Å²) in [5.74, 6) is -0.420. The molecule has 5 nitrogen and oxygen atoms in total. The Kier molecular flexibility index (Phi) is 6.62. The maximum absolute atomic E-state index is 13.1. The third kappa shape index (κ3) is 4.30. The van der Waals surface area contributed by atoms with Gasteiger partial charge in [0.2, 0.25) is 5.91 Å². The Morgan fingerprint density at radius 3 is 2.47 bits per heavy atom. The second kappa shape index (κ2) is 9.12. The highest BCUT2D eigenvalue weighted by molar-refractivity contribution is 6.35. The molecule has 170 valence electrons. The van der Waals surface area contributed by atoms with E-state index in [1.165, 1.54) is 0 Å². The summed E-state index contributed by atoms with van der Waals surface area (Å²) in [5, 5.41) is 7.71. The average molecular weight is 496 g/mol. The van der Waals surface area contributed by atoms with E-state index in [0.29, 0.717) is 34.5 Å². The van der Waals surface area contributed by atoms with Crippen LogP contribution in [0.4, 0.5) is 4.79 Å². The van der Waals surface area contributed by atoms with Crippen molar-refractivity contribution in [2.24, 2.45) is 5.92 Å². The molecule has 0 bridgehead atoms. The number of halogens is 3. The second-order valence-electron chi connectivity index (χ2n) is 8.76. The van der Waals surface area contributed by atoms with Gasteiger partial charge in [0.1, 0.15) is 5.54 Å². The molecular weight excluding hydrogens is 471 g/mol. The van der Waals surface area contributed by atoms with Gasteiger partial charge in [0, 0.05) is 27.5 Å². The molecule has 2 aromatic rings. The van der Waals surface area contributed by atoms with E-state index in [4.69, 9.17) is 39.5 Å². The number of alkyl carbamates (subject to hydrolysis) is 1. The zero-order chi connectivity index (χ0) is 23.0. The number of carbonyl (C=O) groups excluding carboxylic acids is 2. The van der Waals surface area contributed by atoms with Crippen molar-refractivity contribution in [1.29, 1.82) is 0 Å². The van der Waals surface area contributed by atoms with Crippen LogP contribution >= 0.6 is 34.8 Å². The summed E-state index contributed by atoms with van der Waals surface area (Å²) >= 11 is 18.9. The highest BCUT2D eigenvalue weighted by Crippen LogP contribution is 2.54. The first kappa shape index (κ1) is 23.2. The molecule has 1 aliphatic heterocycles. The lowest BCUT2D eigenvalue weighted by atomic mass is 9.60. The van der Waals surface area contributed by atoms with Crippen LogP contribution in [0.25, 0.3) is 0 Å². The quantitative estimate of drug-likeness (QED) is 0.552. The van der Waals surface area contributed by atoms with Crippen LogP contribution in [-0.2, 0) is 9.53 Å². The average Bonchev–Trinajstić information content (AvgIpc) is 3.04. The molecule has 8 heteroatoms. The largest absolute Gasteiger partial charge is 0.447 e. The van der Waals surface area contributed by atoms with E-state index in [0.717, 1.165) is 11.1 Å². The normalized spacial score (nSPS) is 27.1. The predicted octanol–water partition coefficient (Wildman–Crippen LogP) is 5.93. The van der Waals surface area contributed by atoms with Crippen LogP contribution in [0.2, 0.25) is 15.1 Å². The lowest BCUT2D eigenvalue weighted by molar-refractivity contribution is -0.126. The van der Waals surface area contributed by atoms with E-state index in [9.17, 15) is 9.59 Å². The van der Waals surface area contributed by atoms with Crippen LogP contribution in [0, 0.1) is 5.92 Å². The number of hydrogen-bond acceptors (Lipinski definition) is 3. The minimum Gasteiger partial charge on any atom is -0.447 e. The highest BCUT2D eigenvalue weighted by atomic mass is 35.5. The summed E-state index contributed by atoms with van der Waals surface area (Å²) in [6, 6.07) is 13.2. The van der Waals surface area contributed by atoms with Gasteiger partial charge in [-0.3, -0.25) is 4.79 Å². The molecule has 2 N–H and O–H groups in total. The van der Waals surface area contributed by atoms with Gasteiger partial charge in [0.15, 0.2) is 0 Å². The first-order chi connectivity index (χ1) is 15.2. The summed E-state index contributed by atoms with van der Waals surface area (Å²) < 4.78 is 5.32. The molecule has 1 saturated carbocycles. The van der Waals surface area contributed by atoms with Crippen molar-refractivity contribution < 1.29 is 14.3 Å². The number of hydrogen-bond donors (Lipinski definition) is 2. The van der Waals surface area contributed by atoms with E-state index >= 15 is 0 Å². The number of fused-ring (bicyclic) bond motifs is 1. The van der Waals surface area contributed by atoms with Crippen LogP contribution in [0.1, 0.15) is 49.7 Å². The van der Waals surface area contributed by atoms with Crippen molar-refractivity contribution in [3.05, 3.63) is 68.7 Å². The lowest BCUT2D eigenvalue weighted by Gasteiger charge is -2.46. The zero-order valence-electron chi connectivity index (χ0n) is 17.8. The first-order valence-electron chi connectivity index (χ1n) is 10.7. The smallest absolute Gasteiger partial charge is 0.408 e. The van der Waals surface area contributed by atoms with Gasteiger partial charge in [-0.05, 0) is 73.9 Å². The summed E-state index contributed by atoms with van der Waals surface area (Å²) in [6.07, 6.45) is 0.260. The fraction of sp³-hybridized carbons (Fsp3) is 0.417. The molecular formula is C24H25Cl3N2O3. The third-order valence-electron chi connectivity index (χ3n) is 6.52. The number of benzene rings is 2. The van der Waals surface area contributed by atoms with Crippen LogP contribution in [0.5, 0.6) is 0 Å². The molecule has 1 heterocycles. The summed E-state index contributed by atoms with van der Waals surface area (Å²) in [7, 11) is 0. The Balaban J connectivity index is 1.78. The molecule has 0 aromatic heterocycles. The Hall–Kier alpha value is -1.95. The number of carbonyl (C=O) groups is 2. The second-order valence-corrected chi connectivity index (χ2v) is 10.0. The summed E-state index contributed by atoms with van der Waals surface area (Å²) in [5.41, 5.74) is 0.967. The van der Waals surface area contributed by atoms with Gasteiger partial charge >= 0.3 is 6.09 Å². The van der Waals surface area contributed by atoms with E-state index < -0.39 is 11.6 Å². The highest BCUT2D eigenvalue weighted by Gasteiger charge is 2.59. The number of rotatable bonds is 4. The van der Waals surface area contributed by atoms with Gasteiger partial charge in [-0.15, -0.1) is 0 Å². The molecule has 0 radical (unpaired) electrons. The van der Waals surface area contributed by atoms with E-state index in [1.807, 2.05) is 36.4 Å². The van der Waals surface area contributed by atoms with Gasteiger partial charge in [0.25, 0.3) is 0 Å². The van der Waals surface area contributed by atoms with Crippen LogP contribution in [0.15, 0.2) is 42.5 Å². The maximum atomic E-state index is 13.1. The van der Waals surface area contributed by atoms with E-state index in [2.05, 4.69) is 10.6 Å².